The lowest BCUT2D eigenvalue weighted by molar-refractivity contribution is 0.505. The van der Waals surface area contributed by atoms with E-state index in [1.807, 2.05) is 0 Å². The summed E-state index contributed by atoms with van der Waals surface area (Å²) in [5.74, 6) is -1.62. The van der Waals surface area contributed by atoms with E-state index >= 15 is 0 Å². The second-order valence-electron chi connectivity index (χ2n) is 4.13. The molecule has 0 unspecified atom stereocenters. The van der Waals surface area contributed by atoms with Crippen LogP contribution >= 0.6 is 12.2 Å². The lowest BCUT2D eigenvalue weighted by atomic mass is 10.2. The molecule has 0 saturated heterocycles. The highest BCUT2D eigenvalue weighted by atomic mass is 32.1. The number of rotatable bonds is 1. The first-order valence-electron chi connectivity index (χ1n) is 5.67. The number of nitrogens with zero attached hydrogens (tertiary/aromatic N) is 1. The van der Waals surface area contributed by atoms with Gasteiger partial charge in [-0.25, -0.2) is 18.1 Å². The maximum absolute atomic E-state index is 13.3. The second kappa shape index (κ2) is 4.64. The Kier molecular flexibility index (Phi) is 2.94. The van der Waals surface area contributed by atoms with E-state index in [9.17, 15) is 13.6 Å². The molecule has 0 aliphatic rings. The first kappa shape index (κ1) is 12.7. The molecule has 1 aromatic heterocycles. The normalized spacial score (nSPS) is 10.9. The van der Waals surface area contributed by atoms with Gasteiger partial charge < -0.3 is 4.42 Å². The minimum absolute atomic E-state index is 0.113. The minimum atomic E-state index is -0.708. The summed E-state index contributed by atoms with van der Waals surface area (Å²) in [7, 11) is 0. The van der Waals surface area contributed by atoms with Crippen molar-refractivity contribution in [2.45, 2.75) is 0 Å². The van der Waals surface area contributed by atoms with Crippen LogP contribution in [-0.2, 0) is 0 Å². The minimum Gasteiger partial charge on any atom is -0.409 e. The van der Waals surface area contributed by atoms with Crippen LogP contribution in [0.25, 0.3) is 16.7 Å². The van der Waals surface area contributed by atoms with Crippen LogP contribution in [0.15, 0.2) is 51.7 Å². The third-order valence-electron chi connectivity index (χ3n) is 2.84. The predicted octanol–water partition coefficient (Wildman–Crippen LogP) is 3.59. The number of benzene rings is 2. The van der Waals surface area contributed by atoms with Crippen molar-refractivity contribution in [1.29, 1.82) is 0 Å². The summed E-state index contributed by atoms with van der Waals surface area (Å²) in [4.78, 5) is 12.0. The van der Waals surface area contributed by atoms with E-state index in [0.29, 0.717) is 11.1 Å². The molecule has 0 aliphatic heterocycles. The molecule has 2 aromatic carbocycles. The van der Waals surface area contributed by atoms with Crippen LogP contribution < -0.4 is 5.76 Å². The molecule has 6 heteroatoms. The van der Waals surface area contributed by atoms with Gasteiger partial charge in [-0.05, 0) is 42.5 Å². The fourth-order valence-electron chi connectivity index (χ4n) is 1.91. The fourth-order valence-corrected chi connectivity index (χ4v) is 2.25. The monoisotopic (exact) mass is 291 g/mol. The molecule has 100 valence electrons. The van der Waals surface area contributed by atoms with Crippen molar-refractivity contribution in [1.82, 2.24) is 4.57 Å². The molecular weight excluding hydrogens is 284 g/mol. The lowest BCUT2D eigenvalue weighted by Gasteiger charge is -2.07. The van der Waals surface area contributed by atoms with Gasteiger partial charge >= 0.3 is 5.76 Å². The van der Waals surface area contributed by atoms with E-state index in [2.05, 4.69) is 0 Å². The average molecular weight is 291 g/mol. The van der Waals surface area contributed by atoms with Gasteiger partial charge in [0, 0.05) is 0 Å². The van der Waals surface area contributed by atoms with E-state index in [-0.39, 0.29) is 10.2 Å². The van der Waals surface area contributed by atoms with Gasteiger partial charge in [0.1, 0.15) is 21.9 Å². The third kappa shape index (κ3) is 2.04. The van der Waals surface area contributed by atoms with Crippen LogP contribution in [-0.4, -0.2) is 4.57 Å². The molecule has 0 amide bonds. The first-order valence-corrected chi connectivity index (χ1v) is 6.08. The maximum Gasteiger partial charge on any atom is 0.425 e. The summed E-state index contributed by atoms with van der Waals surface area (Å²) in [5, 5.41) is 0.309. The lowest BCUT2D eigenvalue weighted by Crippen LogP contribution is -2.18. The van der Waals surface area contributed by atoms with Crippen LogP contribution in [0.3, 0.4) is 0 Å². The molecule has 0 N–H and O–H groups in total. The van der Waals surface area contributed by atoms with Crippen LogP contribution in [0.5, 0.6) is 0 Å². The number of halogens is 2. The van der Waals surface area contributed by atoms with E-state index in [1.165, 1.54) is 42.5 Å². The molecule has 1 heterocycles. The van der Waals surface area contributed by atoms with Crippen molar-refractivity contribution < 1.29 is 13.2 Å². The molecule has 0 spiro atoms. The number of aromatic nitrogens is 1. The van der Waals surface area contributed by atoms with E-state index < -0.39 is 17.4 Å². The average Bonchev–Trinajstić information content (AvgIpc) is 2.42. The van der Waals surface area contributed by atoms with Crippen molar-refractivity contribution in [2.24, 2.45) is 0 Å². The largest absolute Gasteiger partial charge is 0.425 e. The molecule has 20 heavy (non-hydrogen) atoms. The Labute approximate surface area is 116 Å². The molecular formula is C14H7F2NO2S. The SMILES string of the molecule is O=c1oc2ccc(F)cc2c(=S)n1-c1ccc(F)cc1. The quantitative estimate of drug-likeness (QED) is 0.643. The van der Waals surface area contributed by atoms with Crippen molar-refractivity contribution in [3.63, 3.8) is 0 Å². The van der Waals surface area contributed by atoms with E-state index in [4.69, 9.17) is 16.6 Å². The standard InChI is InChI=1S/C14H7F2NO2S/c15-8-1-4-10(5-2-8)17-13(20)11-7-9(16)3-6-12(11)19-14(17)18/h1-7H. The van der Waals surface area contributed by atoms with Gasteiger partial charge in [-0.15, -0.1) is 0 Å². The Morgan fingerprint density at radius 2 is 1.65 bits per heavy atom. The molecule has 0 saturated carbocycles. The van der Waals surface area contributed by atoms with Gasteiger partial charge in [0.05, 0.1) is 11.1 Å². The Hall–Kier alpha value is -2.34. The van der Waals surface area contributed by atoms with Crippen LogP contribution in [0.4, 0.5) is 8.78 Å². The zero-order chi connectivity index (χ0) is 14.3. The molecule has 3 aromatic rings. The molecule has 3 nitrogen and oxygen atoms in total. The van der Waals surface area contributed by atoms with Crippen molar-refractivity contribution >= 4 is 23.2 Å². The molecule has 0 fully saturated rings. The van der Waals surface area contributed by atoms with Crippen LogP contribution in [0.1, 0.15) is 0 Å². The van der Waals surface area contributed by atoms with Crippen LogP contribution in [0.2, 0.25) is 0 Å². The zero-order valence-electron chi connectivity index (χ0n) is 9.97. The van der Waals surface area contributed by atoms with Gasteiger partial charge in [-0.1, -0.05) is 12.2 Å². The molecule has 0 bridgehead atoms. The topological polar surface area (TPSA) is 35.1 Å². The van der Waals surface area contributed by atoms with E-state index in [0.717, 1.165) is 4.57 Å². The summed E-state index contributed by atoms with van der Waals surface area (Å²) >= 11 is 5.20. The first-order chi connectivity index (χ1) is 9.56. The second-order valence-corrected chi connectivity index (χ2v) is 4.51. The predicted molar refractivity (Wildman–Crippen MR) is 72.6 cm³/mol. The fraction of sp³-hybridized carbons (Fsp3) is 0. The molecule has 3 rings (SSSR count). The summed E-state index contributed by atoms with van der Waals surface area (Å²) in [6, 6.07) is 8.92. The number of hydrogen-bond acceptors (Lipinski definition) is 3. The Bertz CT molecular complexity index is 913. The summed E-state index contributed by atoms with van der Waals surface area (Å²) in [6.45, 7) is 0. The molecule has 0 aliphatic carbocycles. The highest BCUT2D eigenvalue weighted by Gasteiger charge is 2.09. The highest BCUT2D eigenvalue weighted by Crippen LogP contribution is 2.17. The van der Waals surface area contributed by atoms with E-state index in [1.54, 1.807) is 0 Å². The summed E-state index contributed by atoms with van der Waals surface area (Å²) in [6.07, 6.45) is 0. The van der Waals surface area contributed by atoms with Gasteiger partial charge in [0.15, 0.2) is 0 Å². The van der Waals surface area contributed by atoms with Gasteiger partial charge in [-0.3, -0.25) is 0 Å². The molecule has 0 atom stereocenters. The third-order valence-corrected chi connectivity index (χ3v) is 3.24. The molecule has 0 radical (unpaired) electrons. The van der Waals surface area contributed by atoms with Crippen LogP contribution in [0, 0.1) is 16.3 Å². The maximum atomic E-state index is 13.3. The summed E-state index contributed by atoms with van der Waals surface area (Å²) in [5.41, 5.74) is 0.566. The Balaban J connectivity index is 2.39. The Morgan fingerprint density at radius 3 is 2.35 bits per heavy atom. The summed E-state index contributed by atoms with van der Waals surface area (Å²) < 4.78 is 32.5. The van der Waals surface area contributed by atoms with Gasteiger partial charge in [0.25, 0.3) is 0 Å². The van der Waals surface area contributed by atoms with Crippen molar-refractivity contribution in [3.05, 3.63) is 69.3 Å². The zero-order valence-corrected chi connectivity index (χ0v) is 10.8. The van der Waals surface area contributed by atoms with Crippen molar-refractivity contribution in [2.75, 3.05) is 0 Å². The number of fused-ring (bicyclic) bond motifs is 1. The Morgan fingerprint density at radius 1 is 1.00 bits per heavy atom. The number of hydrogen-bond donors (Lipinski definition) is 0. The van der Waals surface area contributed by atoms with Gasteiger partial charge in [-0.2, -0.15) is 0 Å². The highest BCUT2D eigenvalue weighted by molar-refractivity contribution is 7.71. The van der Waals surface area contributed by atoms with Crippen molar-refractivity contribution in [3.8, 4) is 5.69 Å². The smallest absolute Gasteiger partial charge is 0.409 e. The van der Waals surface area contributed by atoms with Gasteiger partial charge in [0.2, 0.25) is 0 Å².